The van der Waals surface area contributed by atoms with Crippen LogP contribution in [0.15, 0.2) is 54.6 Å². The molecule has 4 nitrogen and oxygen atoms in total. The second kappa shape index (κ2) is 7.52. The average molecular weight is 344 g/mol. The van der Waals surface area contributed by atoms with Gasteiger partial charge < -0.3 is 4.74 Å². The van der Waals surface area contributed by atoms with Gasteiger partial charge in [-0.2, -0.15) is 10.5 Å². The number of ether oxygens (including phenoxy) is 1. The van der Waals surface area contributed by atoms with Crippen molar-refractivity contribution in [2.24, 2.45) is 11.3 Å². The van der Waals surface area contributed by atoms with E-state index in [0.717, 1.165) is 17.5 Å². The number of rotatable bonds is 5. The third kappa shape index (κ3) is 3.12. The molecule has 0 aliphatic heterocycles. The van der Waals surface area contributed by atoms with Crippen molar-refractivity contribution in [2.45, 2.75) is 25.4 Å². The summed E-state index contributed by atoms with van der Waals surface area (Å²) in [5, 5.41) is 19.8. The quantitative estimate of drug-likeness (QED) is 0.813. The Hall–Kier alpha value is -2.95. The number of ketones is 1. The molecule has 0 N–H and O–H groups in total. The summed E-state index contributed by atoms with van der Waals surface area (Å²) in [5.74, 6) is -0.338. The van der Waals surface area contributed by atoms with E-state index in [-0.39, 0.29) is 18.1 Å². The van der Waals surface area contributed by atoms with Crippen LogP contribution in [0.25, 0.3) is 0 Å². The fourth-order valence-corrected chi connectivity index (χ4v) is 3.83. The van der Waals surface area contributed by atoms with Gasteiger partial charge in [-0.1, -0.05) is 54.6 Å². The molecule has 0 amide bonds. The van der Waals surface area contributed by atoms with Gasteiger partial charge in [0.2, 0.25) is 0 Å². The molecule has 130 valence electrons. The number of aryl methyl sites for hydroxylation is 1. The number of methoxy groups -OCH3 is 1. The molecule has 2 unspecified atom stereocenters. The molecular formula is C22H20N2O2. The number of carbonyl (C=O) groups excluding carboxylic acids is 1. The van der Waals surface area contributed by atoms with Crippen LogP contribution in [0, 0.1) is 34.0 Å². The van der Waals surface area contributed by atoms with E-state index in [2.05, 4.69) is 12.1 Å². The maximum absolute atomic E-state index is 12.9. The summed E-state index contributed by atoms with van der Waals surface area (Å²) < 4.78 is 5.57. The third-order valence-corrected chi connectivity index (χ3v) is 5.17. The Balaban J connectivity index is 1.93. The number of hydrogen-bond acceptors (Lipinski definition) is 4. The van der Waals surface area contributed by atoms with Crippen LogP contribution < -0.4 is 0 Å². The molecule has 0 aromatic heterocycles. The van der Waals surface area contributed by atoms with Gasteiger partial charge in [0.15, 0.2) is 11.2 Å². The minimum absolute atomic E-state index is 0.0182. The van der Waals surface area contributed by atoms with Gasteiger partial charge in [0.1, 0.15) is 6.10 Å². The van der Waals surface area contributed by atoms with Crippen LogP contribution in [0.5, 0.6) is 0 Å². The number of nitrogens with zero attached hydrogens (tertiary/aromatic N) is 2. The zero-order valence-corrected chi connectivity index (χ0v) is 14.7. The van der Waals surface area contributed by atoms with Crippen molar-refractivity contribution in [3.8, 4) is 12.1 Å². The van der Waals surface area contributed by atoms with Gasteiger partial charge in [0.05, 0.1) is 12.1 Å². The summed E-state index contributed by atoms with van der Waals surface area (Å²) in [6, 6.07) is 21.2. The summed E-state index contributed by atoms with van der Waals surface area (Å²) >= 11 is 0. The largest absolute Gasteiger partial charge is 0.374 e. The molecule has 1 aliphatic carbocycles. The predicted octanol–water partition coefficient (Wildman–Crippen LogP) is 4.24. The van der Waals surface area contributed by atoms with Gasteiger partial charge >= 0.3 is 0 Å². The van der Waals surface area contributed by atoms with Crippen molar-refractivity contribution in [3.05, 3.63) is 71.3 Å². The van der Waals surface area contributed by atoms with E-state index >= 15 is 0 Å². The minimum Gasteiger partial charge on any atom is -0.374 e. The van der Waals surface area contributed by atoms with Crippen LogP contribution in [0.2, 0.25) is 0 Å². The van der Waals surface area contributed by atoms with Gasteiger partial charge in [-0.3, -0.25) is 4.79 Å². The first-order valence-electron chi connectivity index (χ1n) is 8.67. The van der Waals surface area contributed by atoms with Crippen molar-refractivity contribution in [3.63, 3.8) is 0 Å². The van der Waals surface area contributed by atoms with Crippen LogP contribution in [0.1, 0.15) is 40.4 Å². The number of benzene rings is 2. The molecule has 1 aliphatic rings. The van der Waals surface area contributed by atoms with Crippen LogP contribution >= 0.6 is 0 Å². The van der Waals surface area contributed by atoms with E-state index in [4.69, 9.17) is 4.74 Å². The van der Waals surface area contributed by atoms with Gasteiger partial charge in [-0.15, -0.1) is 0 Å². The van der Waals surface area contributed by atoms with E-state index in [0.29, 0.717) is 12.0 Å². The van der Waals surface area contributed by atoms with Crippen LogP contribution in [-0.4, -0.2) is 12.9 Å². The molecule has 0 saturated carbocycles. The molecule has 0 spiro atoms. The van der Waals surface area contributed by atoms with Crippen molar-refractivity contribution in [1.29, 1.82) is 10.5 Å². The molecule has 2 atom stereocenters. The van der Waals surface area contributed by atoms with Crippen LogP contribution in [-0.2, 0) is 11.2 Å². The van der Waals surface area contributed by atoms with Gasteiger partial charge in [-0.25, -0.2) is 0 Å². The van der Waals surface area contributed by atoms with Crippen molar-refractivity contribution < 1.29 is 9.53 Å². The molecule has 4 heteroatoms. The molecule has 0 saturated heterocycles. The highest BCUT2D eigenvalue weighted by Crippen LogP contribution is 2.43. The van der Waals surface area contributed by atoms with Crippen molar-refractivity contribution in [2.75, 3.05) is 7.11 Å². The molecule has 2 aromatic carbocycles. The second-order valence-corrected chi connectivity index (χ2v) is 6.68. The Morgan fingerprint density at radius 2 is 1.77 bits per heavy atom. The topological polar surface area (TPSA) is 73.9 Å². The van der Waals surface area contributed by atoms with E-state index in [9.17, 15) is 15.3 Å². The second-order valence-electron chi connectivity index (χ2n) is 6.68. The lowest BCUT2D eigenvalue weighted by Gasteiger charge is -2.33. The summed E-state index contributed by atoms with van der Waals surface area (Å²) in [6.07, 6.45) is 0.888. The first-order valence-corrected chi connectivity index (χ1v) is 8.67. The number of hydrogen-bond donors (Lipinski definition) is 0. The molecule has 2 aromatic rings. The van der Waals surface area contributed by atoms with Gasteiger partial charge in [0.25, 0.3) is 0 Å². The Bertz CT molecular complexity index is 863. The molecule has 0 heterocycles. The predicted molar refractivity (Wildman–Crippen MR) is 97.1 cm³/mol. The number of nitriles is 2. The summed E-state index contributed by atoms with van der Waals surface area (Å²) in [7, 11) is 1.50. The van der Waals surface area contributed by atoms with E-state index in [1.807, 2.05) is 54.6 Å². The number of Topliss-reactive ketones (excluding diaryl/α,β-unsaturated/α-hetero) is 1. The fourth-order valence-electron chi connectivity index (χ4n) is 3.83. The normalized spacial score (nSPS) is 17.7. The summed E-state index contributed by atoms with van der Waals surface area (Å²) in [4.78, 5) is 12.9. The van der Waals surface area contributed by atoms with Gasteiger partial charge in [0, 0.05) is 18.6 Å². The first kappa shape index (κ1) is 17.9. The SMILES string of the molecule is COC(c1ccccc1)C(C#N)(C#N)CC1CCc2ccccc2C1=O. The van der Waals surface area contributed by atoms with Crippen LogP contribution in [0.3, 0.4) is 0 Å². The lowest BCUT2D eigenvalue weighted by atomic mass is 9.70. The zero-order valence-electron chi connectivity index (χ0n) is 14.7. The highest BCUT2D eigenvalue weighted by Gasteiger charge is 2.45. The molecule has 0 radical (unpaired) electrons. The summed E-state index contributed by atoms with van der Waals surface area (Å²) in [5.41, 5.74) is 1.10. The molecular weight excluding hydrogens is 324 g/mol. The summed E-state index contributed by atoms with van der Waals surface area (Å²) in [6.45, 7) is 0. The lowest BCUT2D eigenvalue weighted by molar-refractivity contribution is 0.0295. The maximum Gasteiger partial charge on any atom is 0.174 e. The number of carbonyl (C=O) groups is 1. The minimum atomic E-state index is -1.41. The monoisotopic (exact) mass is 344 g/mol. The lowest BCUT2D eigenvalue weighted by Crippen LogP contribution is -2.34. The maximum atomic E-state index is 12.9. The Morgan fingerprint density at radius 3 is 2.42 bits per heavy atom. The van der Waals surface area contributed by atoms with E-state index in [1.165, 1.54) is 7.11 Å². The zero-order chi connectivity index (χ0) is 18.6. The standard InChI is InChI=1S/C22H20N2O2/c1-26-21(17-8-3-2-4-9-17)22(14-23,15-24)13-18-12-11-16-7-5-6-10-19(16)20(18)25/h2-10,18,21H,11-13H2,1H3. The van der Waals surface area contributed by atoms with Gasteiger partial charge in [-0.05, 0) is 30.4 Å². The highest BCUT2D eigenvalue weighted by atomic mass is 16.5. The Kier molecular flexibility index (Phi) is 5.16. The average Bonchev–Trinajstić information content (AvgIpc) is 2.70. The molecule has 0 fully saturated rings. The van der Waals surface area contributed by atoms with E-state index in [1.54, 1.807) is 0 Å². The molecule has 0 bridgehead atoms. The fraction of sp³-hybridized carbons (Fsp3) is 0.318. The van der Waals surface area contributed by atoms with Crippen molar-refractivity contribution in [1.82, 2.24) is 0 Å². The highest BCUT2D eigenvalue weighted by molar-refractivity contribution is 6.00. The Labute approximate surface area is 153 Å². The third-order valence-electron chi connectivity index (χ3n) is 5.17. The molecule has 3 rings (SSSR count). The smallest absolute Gasteiger partial charge is 0.174 e. The van der Waals surface area contributed by atoms with Crippen molar-refractivity contribution >= 4 is 5.78 Å². The molecule has 26 heavy (non-hydrogen) atoms. The van der Waals surface area contributed by atoms with E-state index < -0.39 is 11.5 Å². The first-order chi connectivity index (χ1) is 12.6. The Morgan fingerprint density at radius 1 is 1.12 bits per heavy atom. The number of fused-ring (bicyclic) bond motifs is 1. The van der Waals surface area contributed by atoms with Crippen LogP contribution in [0.4, 0.5) is 0 Å².